The minimum Gasteiger partial charge on any atom is -0.549 e. The highest BCUT2D eigenvalue weighted by molar-refractivity contribution is 5.74. The van der Waals surface area contributed by atoms with Crippen molar-refractivity contribution >= 4 is 23.9 Å². The molecule has 1 aliphatic rings. The quantitative estimate of drug-likeness (QED) is 0.206. The van der Waals surface area contributed by atoms with E-state index in [1.165, 1.54) is 7.11 Å². The molecule has 1 atom stereocenters. The number of carboxylic acids is 3. The molecule has 0 aliphatic carbocycles. The molecule has 0 bridgehead atoms. The van der Waals surface area contributed by atoms with Crippen LogP contribution in [-0.4, -0.2) is 145 Å². The Kier molecular flexibility index (Phi) is 15.1. The van der Waals surface area contributed by atoms with Gasteiger partial charge < -0.3 is 29.6 Å². The van der Waals surface area contributed by atoms with Gasteiger partial charge in [-0.3, -0.25) is 34.0 Å². The third-order valence-electron chi connectivity index (χ3n) is 7.01. The van der Waals surface area contributed by atoms with Crippen molar-refractivity contribution in [2.75, 3.05) is 85.7 Å². The van der Waals surface area contributed by atoms with Crippen LogP contribution in [0.15, 0.2) is 24.3 Å². The number of carbonyl (C=O) groups is 4. The van der Waals surface area contributed by atoms with E-state index in [1.54, 1.807) is 19.6 Å². The Bertz CT molecular complexity index is 944. The zero-order chi connectivity index (χ0) is 30.2. The number of hydrogen-bond acceptors (Lipinski definition) is 11. The van der Waals surface area contributed by atoms with E-state index in [2.05, 4.69) is 6.92 Å². The number of ether oxygens (including phenoxy) is 2. The van der Waals surface area contributed by atoms with E-state index >= 15 is 0 Å². The average molecular weight is 580 g/mol. The molecule has 0 amide bonds. The number of carboxylic acid groups (broad SMARTS) is 3. The van der Waals surface area contributed by atoms with Crippen LogP contribution in [0.1, 0.15) is 25.3 Å². The van der Waals surface area contributed by atoms with Crippen LogP contribution in [0.3, 0.4) is 0 Å². The summed E-state index contributed by atoms with van der Waals surface area (Å²) in [6, 6.07) is 6.38. The van der Waals surface area contributed by atoms with Crippen LogP contribution in [0.4, 0.5) is 0 Å². The molecule has 1 aliphatic heterocycles. The molecule has 2 rings (SSSR count). The van der Waals surface area contributed by atoms with Gasteiger partial charge in [0.15, 0.2) is 0 Å². The molecule has 1 saturated heterocycles. The Labute approximate surface area is 241 Å². The first-order valence-electron chi connectivity index (χ1n) is 13.9. The van der Waals surface area contributed by atoms with Gasteiger partial charge in [0, 0.05) is 58.9 Å². The smallest absolute Gasteiger partial charge is 0.321 e. The third-order valence-corrected chi connectivity index (χ3v) is 7.01. The molecular weight excluding hydrogens is 536 g/mol. The molecule has 1 heterocycles. The van der Waals surface area contributed by atoms with Crippen LogP contribution < -0.4 is 9.84 Å². The molecule has 13 nitrogen and oxygen atoms in total. The van der Waals surface area contributed by atoms with E-state index in [4.69, 9.17) is 9.47 Å². The molecule has 0 radical (unpaired) electrons. The molecule has 41 heavy (non-hydrogen) atoms. The average Bonchev–Trinajstić information content (AvgIpc) is 2.92. The second-order valence-electron chi connectivity index (χ2n) is 10.1. The highest BCUT2D eigenvalue weighted by Gasteiger charge is 2.28. The van der Waals surface area contributed by atoms with E-state index in [0.717, 1.165) is 18.4 Å². The molecule has 1 fully saturated rings. The van der Waals surface area contributed by atoms with Crippen molar-refractivity contribution in [2.45, 2.75) is 32.2 Å². The lowest BCUT2D eigenvalue weighted by Gasteiger charge is -2.36. The molecular formula is C28H43N4O9-. The Balaban J connectivity index is 2.24. The van der Waals surface area contributed by atoms with Crippen molar-refractivity contribution < 1.29 is 44.0 Å². The summed E-state index contributed by atoms with van der Waals surface area (Å²) in [4.78, 5) is 54.3. The summed E-state index contributed by atoms with van der Waals surface area (Å²) in [5.74, 6) is -3.04. The highest BCUT2D eigenvalue weighted by atomic mass is 16.5. The monoisotopic (exact) mass is 579 g/mol. The number of benzene rings is 1. The van der Waals surface area contributed by atoms with Gasteiger partial charge in [0.1, 0.15) is 11.8 Å². The standard InChI is InChI=1S/C28H44N4O9/c1-3-4-17-41-23-7-5-22(6-8-23)18-24(28(38)39)32-15-13-29(19-25(33)34)9-11-31(21-27(37)40-2)12-10-30(14-16-32)20-26(35)36/h5-8,24H,3-4,9-21H2,1-2H3,(H,33,34)(H,35,36)(H,38,39)/p-1. The zero-order valence-corrected chi connectivity index (χ0v) is 24.0. The van der Waals surface area contributed by atoms with Crippen LogP contribution in [0.5, 0.6) is 5.75 Å². The maximum absolute atomic E-state index is 12.5. The van der Waals surface area contributed by atoms with Crippen LogP contribution in [0.25, 0.3) is 0 Å². The lowest BCUT2D eigenvalue weighted by molar-refractivity contribution is -0.306. The molecule has 0 aromatic heterocycles. The van der Waals surface area contributed by atoms with E-state index in [-0.39, 0.29) is 58.8 Å². The lowest BCUT2D eigenvalue weighted by Crippen LogP contribution is -2.53. The molecule has 1 aromatic carbocycles. The SMILES string of the molecule is CCCCOc1ccc(CC(C(=O)O)N2CCN(CC(=O)[O-])CCN(CC(=O)OC)CCN(CC(=O)O)CC2)cc1. The third kappa shape index (κ3) is 13.3. The maximum atomic E-state index is 12.5. The Morgan fingerprint density at radius 1 is 0.854 bits per heavy atom. The number of hydrogen-bond donors (Lipinski definition) is 2. The number of aliphatic carboxylic acids is 3. The summed E-state index contributed by atoms with van der Waals surface area (Å²) in [6.45, 7) is 4.35. The summed E-state index contributed by atoms with van der Waals surface area (Å²) in [7, 11) is 1.28. The lowest BCUT2D eigenvalue weighted by atomic mass is 10.0. The fraction of sp³-hybridized carbons (Fsp3) is 0.643. The minimum atomic E-state index is -1.26. The summed E-state index contributed by atoms with van der Waals surface area (Å²) in [5.41, 5.74) is 0.804. The first-order valence-corrected chi connectivity index (χ1v) is 13.9. The molecule has 230 valence electrons. The van der Waals surface area contributed by atoms with Crippen molar-refractivity contribution in [3.8, 4) is 5.75 Å². The number of esters is 1. The molecule has 2 N–H and O–H groups in total. The van der Waals surface area contributed by atoms with Gasteiger partial charge in [0.25, 0.3) is 0 Å². The van der Waals surface area contributed by atoms with Crippen molar-refractivity contribution in [1.82, 2.24) is 19.6 Å². The highest BCUT2D eigenvalue weighted by Crippen LogP contribution is 2.16. The van der Waals surface area contributed by atoms with Gasteiger partial charge in [-0.15, -0.1) is 0 Å². The summed E-state index contributed by atoms with van der Waals surface area (Å²) < 4.78 is 10.5. The van der Waals surface area contributed by atoms with E-state index in [1.807, 2.05) is 24.3 Å². The normalized spacial score (nSPS) is 17.6. The van der Waals surface area contributed by atoms with Crippen LogP contribution in [-0.2, 0) is 30.3 Å². The van der Waals surface area contributed by atoms with Crippen molar-refractivity contribution in [3.63, 3.8) is 0 Å². The Morgan fingerprint density at radius 2 is 1.39 bits per heavy atom. The number of nitrogens with zero attached hydrogens (tertiary/aromatic N) is 4. The molecule has 0 spiro atoms. The van der Waals surface area contributed by atoms with Gasteiger partial charge in [0.2, 0.25) is 0 Å². The fourth-order valence-electron chi connectivity index (χ4n) is 4.61. The Morgan fingerprint density at radius 3 is 1.88 bits per heavy atom. The molecule has 1 aromatic rings. The Hall–Kier alpha value is -3.26. The van der Waals surface area contributed by atoms with E-state index in [9.17, 15) is 34.5 Å². The van der Waals surface area contributed by atoms with Crippen molar-refractivity contribution in [1.29, 1.82) is 0 Å². The van der Waals surface area contributed by atoms with Gasteiger partial charge in [-0.25, -0.2) is 0 Å². The maximum Gasteiger partial charge on any atom is 0.321 e. The second kappa shape index (κ2) is 18.2. The topological polar surface area (TPSA) is 163 Å². The van der Waals surface area contributed by atoms with Crippen LogP contribution in [0, 0.1) is 0 Å². The van der Waals surface area contributed by atoms with Crippen LogP contribution in [0.2, 0.25) is 0 Å². The first-order chi connectivity index (χ1) is 19.6. The fourth-order valence-corrected chi connectivity index (χ4v) is 4.61. The number of methoxy groups -OCH3 is 1. The van der Waals surface area contributed by atoms with Gasteiger partial charge >= 0.3 is 17.9 Å². The molecule has 1 unspecified atom stereocenters. The summed E-state index contributed by atoms with van der Waals surface area (Å²) in [5, 5.41) is 31.1. The molecule has 0 saturated carbocycles. The van der Waals surface area contributed by atoms with E-state index in [0.29, 0.717) is 32.0 Å². The number of rotatable bonds is 14. The largest absolute Gasteiger partial charge is 0.549 e. The van der Waals surface area contributed by atoms with Gasteiger partial charge in [-0.1, -0.05) is 25.5 Å². The van der Waals surface area contributed by atoms with E-state index < -0.39 is 29.9 Å². The zero-order valence-electron chi connectivity index (χ0n) is 24.0. The van der Waals surface area contributed by atoms with Gasteiger partial charge in [-0.2, -0.15) is 0 Å². The predicted molar refractivity (Wildman–Crippen MR) is 148 cm³/mol. The predicted octanol–water partition coefficient (Wildman–Crippen LogP) is -0.910. The van der Waals surface area contributed by atoms with Crippen LogP contribution >= 0.6 is 0 Å². The molecule has 13 heteroatoms. The second-order valence-corrected chi connectivity index (χ2v) is 10.1. The van der Waals surface area contributed by atoms with Gasteiger partial charge in [-0.05, 0) is 30.5 Å². The van der Waals surface area contributed by atoms with Gasteiger partial charge in [0.05, 0.1) is 32.8 Å². The van der Waals surface area contributed by atoms with Crippen molar-refractivity contribution in [2.24, 2.45) is 0 Å². The summed E-state index contributed by atoms with van der Waals surface area (Å²) in [6.07, 6.45) is 2.16. The minimum absolute atomic E-state index is 0.0216. The summed E-state index contributed by atoms with van der Waals surface area (Å²) >= 11 is 0. The van der Waals surface area contributed by atoms with Crippen molar-refractivity contribution in [3.05, 3.63) is 29.8 Å². The number of carbonyl (C=O) groups excluding carboxylic acids is 2. The first kappa shape index (κ1) is 33.9. The number of unbranched alkanes of at least 4 members (excludes halogenated alkanes) is 1.